The van der Waals surface area contributed by atoms with E-state index in [1.807, 2.05) is 6.07 Å². The molecule has 0 aliphatic carbocycles. The van der Waals surface area contributed by atoms with Crippen LogP contribution in [0, 0.1) is 0 Å². The lowest BCUT2D eigenvalue weighted by atomic mass is 10.1. The van der Waals surface area contributed by atoms with Crippen LogP contribution in [0.5, 0.6) is 0 Å². The summed E-state index contributed by atoms with van der Waals surface area (Å²) < 4.78 is 0.924. The molecule has 1 aliphatic heterocycles. The number of hydrogen-bond donors (Lipinski definition) is 2. The fourth-order valence-electron chi connectivity index (χ4n) is 2.42. The van der Waals surface area contributed by atoms with Gasteiger partial charge in [0.1, 0.15) is 0 Å². The molecular weight excluding hydrogens is 294 g/mol. The molecule has 4 nitrogen and oxygen atoms in total. The first-order valence-corrected chi connectivity index (χ1v) is 6.99. The van der Waals surface area contributed by atoms with Crippen molar-refractivity contribution in [1.29, 1.82) is 0 Å². The molecule has 2 rings (SSSR count). The van der Waals surface area contributed by atoms with E-state index < -0.39 is 5.91 Å². The molecule has 1 aliphatic rings. The van der Waals surface area contributed by atoms with Crippen LogP contribution in [0.3, 0.4) is 0 Å². The van der Waals surface area contributed by atoms with E-state index in [2.05, 4.69) is 33.1 Å². The van der Waals surface area contributed by atoms with Gasteiger partial charge in [-0.15, -0.1) is 0 Å². The van der Waals surface area contributed by atoms with Crippen LogP contribution in [0.15, 0.2) is 22.7 Å². The molecule has 98 valence electrons. The minimum atomic E-state index is -0.396. The molecule has 5 heteroatoms. The highest BCUT2D eigenvalue weighted by atomic mass is 79.9. The largest absolute Gasteiger partial charge is 0.367 e. The van der Waals surface area contributed by atoms with E-state index in [-0.39, 0.29) is 0 Å². The maximum Gasteiger partial charge on any atom is 0.248 e. The van der Waals surface area contributed by atoms with Gasteiger partial charge in [-0.3, -0.25) is 4.79 Å². The minimum Gasteiger partial charge on any atom is -0.367 e. The van der Waals surface area contributed by atoms with E-state index in [9.17, 15) is 4.79 Å². The first-order valence-electron chi connectivity index (χ1n) is 6.20. The normalized spacial score (nSPS) is 18.9. The van der Waals surface area contributed by atoms with Gasteiger partial charge < -0.3 is 16.0 Å². The van der Waals surface area contributed by atoms with Gasteiger partial charge in [0.05, 0.1) is 5.69 Å². The average molecular weight is 312 g/mol. The second-order valence-electron chi connectivity index (χ2n) is 4.46. The molecular formula is C13H18BrN3O. The van der Waals surface area contributed by atoms with Crippen LogP contribution < -0.4 is 16.0 Å². The van der Waals surface area contributed by atoms with Crippen LogP contribution in [0.4, 0.5) is 5.69 Å². The Balaban J connectivity index is 2.27. The van der Waals surface area contributed by atoms with Crippen molar-refractivity contribution in [2.45, 2.75) is 19.4 Å². The number of nitrogens with two attached hydrogens (primary N) is 1. The lowest BCUT2D eigenvalue weighted by Gasteiger charge is -2.30. The fourth-order valence-corrected chi connectivity index (χ4v) is 3.03. The molecule has 3 N–H and O–H groups in total. The smallest absolute Gasteiger partial charge is 0.248 e. The van der Waals surface area contributed by atoms with Crippen LogP contribution in [0.25, 0.3) is 0 Å². The number of amides is 1. The lowest BCUT2D eigenvalue weighted by molar-refractivity contribution is 0.100. The van der Waals surface area contributed by atoms with Crippen LogP contribution in [0.2, 0.25) is 0 Å². The van der Waals surface area contributed by atoms with Gasteiger partial charge in [-0.25, -0.2) is 0 Å². The van der Waals surface area contributed by atoms with Crippen molar-refractivity contribution in [2.24, 2.45) is 5.73 Å². The number of carbonyl (C=O) groups excluding carboxylic acids is 1. The standard InChI is InChI=1S/C13H18BrN3O/c1-2-17(10-5-6-16-8-10)12-4-3-9(13(15)18)7-11(12)14/h3-4,7,10,16H,2,5-6,8H2,1H3,(H2,15,18). The number of hydrogen-bond acceptors (Lipinski definition) is 3. The Morgan fingerprint density at radius 2 is 2.39 bits per heavy atom. The summed E-state index contributed by atoms with van der Waals surface area (Å²) in [4.78, 5) is 13.5. The summed E-state index contributed by atoms with van der Waals surface area (Å²) in [5.41, 5.74) is 6.94. The Hall–Kier alpha value is -1.07. The third-order valence-corrected chi connectivity index (χ3v) is 3.99. The number of halogens is 1. The van der Waals surface area contributed by atoms with E-state index in [1.54, 1.807) is 12.1 Å². The van der Waals surface area contributed by atoms with Crippen molar-refractivity contribution >= 4 is 27.5 Å². The molecule has 18 heavy (non-hydrogen) atoms. The summed E-state index contributed by atoms with van der Waals surface area (Å²) in [5.74, 6) is -0.396. The van der Waals surface area contributed by atoms with Crippen molar-refractivity contribution in [3.63, 3.8) is 0 Å². The highest BCUT2D eigenvalue weighted by Gasteiger charge is 2.23. The van der Waals surface area contributed by atoms with E-state index in [4.69, 9.17) is 5.73 Å². The summed E-state index contributed by atoms with van der Waals surface area (Å²) in [6.45, 7) is 5.17. The van der Waals surface area contributed by atoms with E-state index in [1.165, 1.54) is 0 Å². The molecule has 1 heterocycles. The maximum atomic E-state index is 11.1. The maximum absolute atomic E-state index is 11.1. The molecule has 1 aromatic carbocycles. The molecule has 0 bridgehead atoms. The van der Waals surface area contributed by atoms with E-state index >= 15 is 0 Å². The Kier molecular flexibility index (Phi) is 4.24. The second-order valence-corrected chi connectivity index (χ2v) is 5.32. The van der Waals surface area contributed by atoms with Crippen molar-refractivity contribution in [3.8, 4) is 0 Å². The Morgan fingerprint density at radius 3 is 2.89 bits per heavy atom. The molecule has 0 aromatic heterocycles. The highest BCUT2D eigenvalue weighted by Crippen LogP contribution is 2.29. The number of primary amides is 1. The van der Waals surface area contributed by atoms with Crippen molar-refractivity contribution in [1.82, 2.24) is 5.32 Å². The molecule has 1 aromatic rings. The molecule has 1 unspecified atom stereocenters. The third-order valence-electron chi connectivity index (χ3n) is 3.36. The van der Waals surface area contributed by atoms with Gasteiger partial charge in [0, 0.05) is 29.2 Å². The van der Waals surface area contributed by atoms with E-state index in [0.29, 0.717) is 11.6 Å². The summed E-state index contributed by atoms with van der Waals surface area (Å²) in [5, 5.41) is 3.37. The van der Waals surface area contributed by atoms with Gasteiger partial charge in [-0.1, -0.05) is 0 Å². The third kappa shape index (κ3) is 2.67. The monoisotopic (exact) mass is 311 g/mol. The van der Waals surface area contributed by atoms with Crippen molar-refractivity contribution < 1.29 is 4.79 Å². The molecule has 0 saturated carbocycles. The minimum absolute atomic E-state index is 0.396. The van der Waals surface area contributed by atoms with Gasteiger partial charge in [-0.05, 0) is 54.0 Å². The number of nitrogens with one attached hydrogen (secondary N) is 1. The topological polar surface area (TPSA) is 58.4 Å². The van der Waals surface area contributed by atoms with Crippen LogP contribution in [0.1, 0.15) is 23.7 Å². The van der Waals surface area contributed by atoms with Gasteiger partial charge in [0.15, 0.2) is 0 Å². The van der Waals surface area contributed by atoms with Crippen LogP contribution in [-0.2, 0) is 0 Å². The SMILES string of the molecule is CCN(c1ccc(C(N)=O)cc1Br)C1CCNC1. The van der Waals surface area contributed by atoms with Crippen molar-refractivity contribution in [3.05, 3.63) is 28.2 Å². The lowest BCUT2D eigenvalue weighted by Crippen LogP contribution is -2.37. The van der Waals surface area contributed by atoms with Crippen molar-refractivity contribution in [2.75, 3.05) is 24.5 Å². The summed E-state index contributed by atoms with van der Waals surface area (Å²) in [7, 11) is 0. The van der Waals surface area contributed by atoms with Gasteiger partial charge >= 0.3 is 0 Å². The number of benzene rings is 1. The van der Waals surface area contributed by atoms with Crippen LogP contribution in [-0.4, -0.2) is 31.6 Å². The molecule has 1 amide bonds. The van der Waals surface area contributed by atoms with Gasteiger partial charge in [-0.2, -0.15) is 0 Å². The van der Waals surface area contributed by atoms with Gasteiger partial charge in [0.2, 0.25) is 5.91 Å². The Morgan fingerprint density at radius 1 is 1.61 bits per heavy atom. The number of likely N-dealkylation sites (N-methyl/N-ethyl adjacent to an activating group) is 1. The number of anilines is 1. The van der Waals surface area contributed by atoms with Crippen LogP contribution >= 0.6 is 15.9 Å². The average Bonchev–Trinajstić information content (AvgIpc) is 2.85. The molecule has 0 radical (unpaired) electrons. The molecule has 1 saturated heterocycles. The number of carbonyl (C=O) groups is 1. The predicted molar refractivity (Wildman–Crippen MR) is 77.0 cm³/mol. The Labute approximate surface area is 116 Å². The highest BCUT2D eigenvalue weighted by molar-refractivity contribution is 9.10. The quantitative estimate of drug-likeness (QED) is 0.890. The summed E-state index contributed by atoms with van der Waals surface area (Å²) in [6.07, 6.45) is 1.15. The predicted octanol–water partition coefficient (Wildman–Crippen LogP) is 1.74. The molecule has 1 fully saturated rings. The molecule has 0 spiro atoms. The first kappa shape index (κ1) is 13.4. The second kappa shape index (κ2) is 5.71. The fraction of sp³-hybridized carbons (Fsp3) is 0.462. The summed E-state index contributed by atoms with van der Waals surface area (Å²) in [6, 6.07) is 6.06. The summed E-state index contributed by atoms with van der Waals surface area (Å²) >= 11 is 3.53. The molecule has 1 atom stereocenters. The Bertz CT molecular complexity index is 444. The number of rotatable bonds is 4. The van der Waals surface area contributed by atoms with E-state index in [0.717, 1.165) is 36.2 Å². The van der Waals surface area contributed by atoms with Gasteiger partial charge in [0.25, 0.3) is 0 Å². The zero-order chi connectivity index (χ0) is 13.1. The zero-order valence-corrected chi connectivity index (χ0v) is 12.0. The first-order chi connectivity index (χ1) is 8.63. The number of nitrogens with zero attached hydrogens (tertiary/aromatic N) is 1. The zero-order valence-electron chi connectivity index (χ0n) is 10.4.